The van der Waals surface area contributed by atoms with Gasteiger partial charge in [0.25, 0.3) is 5.56 Å². The van der Waals surface area contributed by atoms with Crippen molar-refractivity contribution in [3.8, 4) is 0 Å². The van der Waals surface area contributed by atoms with Crippen LogP contribution in [-0.2, 0) is 16.1 Å². The summed E-state index contributed by atoms with van der Waals surface area (Å²) >= 11 is 13.2. The maximum absolute atomic E-state index is 13.0. The molecule has 1 atom stereocenters. The summed E-state index contributed by atoms with van der Waals surface area (Å²) < 4.78 is 6.70. The number of ether oxygens (including phenoxy) is 1. The lowest BCUT2D eigenvalue weighted by molar-refractivity contribution is -0.115. The average molecular weight is 466 g/mol. The van der Waals surface area contributed by atoms with Gasteiger partial charge in [-0.15, -0.1) is 0 Å². The first-order valence-electron chi connectivity index (χ1n) is 9.31. The molecule has 2 aromatic carbocycles. The second-order valence-electron chi connectivity index (χ2n) is 6.62. The molecule has 158 valence electrons. The number of fused-ring (bicyclic) bond motifs is 1. The highest BCUT2D eigenvalue weighted by Crippen LogP contribution is 2.25. The first-order chi connectivity index (χ1) is 14.4. The second kappa shape index (κ2) is 10.3. The first kappa shape index (κ1) is 22.6. The van der Waals surface area contributed by atoms with Gasteiger partial charge in [0.2, 0.25) is 5.91 Å². The summed E-state index contributed by atoms with van der Waals surface area (Å²) in [4.78, 5) is 30.3. The largest absolute Gasteiger partial charge is 0.385 e. The third kappa shape index (κ3) is 5.55. The van der Waals surface area contributed by atoms with Gasteiger partial charge in [-0.3, -0.25) is 14.2 Å². The molecule has 1 N–H and O–H groups in total. The quantitative estimate of drug-likeness (QED) is 0.292. The van der Waals surface area contributed by atoms with Crippen LogP contribution in [0.3, 0.4) is 0 Å². The molecule has 1 heterocycles. The van der Waals surface area contributed by atoms with Crippen molar-refractivity contribution in [1.82, 2.24) is 9.55 Å². The fraction of sp³-hybridized carbons (Fsp3) is 0.286. The monoisotopic (exact) mass is 465 g/mol. The molecule has 30 heavy (non-hydrogen) atoms. The second-order valence-corrected chi connectivity index (χ2v) is 8.80. The Morgan fingerprint density at radius 1 is 1.20 bits per heavy atom. The predicted molar refractivity (Wildman–Crippen MR) is 123 cm³/mol. The van der Waals surface area contributed by atoms with Crippen LogP contribution in [0.4, 0.5) is 5.69 Å². The van der Waals surface area contributed by atoms with Gasteiger partial charge in [0.05, 0.1) is 16.2 Å². The first-order valence-corrected chi connectivity index (χ1v) is 10.9. The van der Waals surface area contributed by atoms with E-state index in [1.54, 1.807) is 61.1 Å². The number of amides is 1. The van der Waals surface area contributed by atoms with E-state index in [1.165, 1.54) is 11.8 Å². The minimum absolute atomic E-state index is 0.166. The lowest BCUT2D eigenvalue weighted by Gasteiger charge is -2.16. The normalized spacial score (nSPS) is 12.1. The number of aromatic nitrogens is 2. The van der Waals surface area contributed by atoms with Gasteiger partial charge in [0.15, 0.2) is 5.16 Å². The molecular weight excluding hydrogens is 445 g/mol. The van der Waals surface area contributed by atoms with Gasteiger partial charge in [-0.1, -0.05) is 35.0 Å². The summed E-state index contributed by atoms with van der Waals surface area (Å²) in [5.74, 6) is -0.203. The SMILES string of the molecule is COCCCn1c(SC(C)C(=O)Nc2ccc(Cl)cc2)nc2cc(Cl)ccc2c1=O. The van der Waals surface area contributed by atoms with Gasteiger partial charge >= 0.3 is 0 Å². The van der Waals surface area contributed by atoms with Crippen LogP contribution in [0, 0.1) is 0 Å². The molecule has 9 heteroatoms. The standard InChI is InChI=1S/C21H21Cl2N3O3S/c1-13(19(27)24-16-7-4-14(22)5-8-16)30-21-25-18-12-15(23)6-9-17(18)20(28)26(21)10-3-11-29-2/h4-9,12-13H,3,10-11H2,1-2H3,(H,24,27). The Bertz CT molecular complexity index is 1100. The third-order valence-electron chi connectivity index (χ3n) is 4.38. The third-order valence-corrected chi connectivity index (χ3v) is 5.95. The lowest BCUT2D eigenvalue weighted by Crippen LogP contribution is -2.27. The smallest absolute Gasteiger partial charge is 0.262 e. The molecule has 0 radical (unpaired) electrons. The number of rotatable bonds is 8. The van der Waals surface area contributed by atoms with Crippen LogP contribution in [0.15, 0.2) is 52.4 Å². The Balaban J connectivity index is 1.88. The van der Waals surface area contributed by atoms with Crippen LogP contribution in [-0.4, -0.2) is 34.4 Å². The molecule has 0 aliphatic heterocycles. The zero-order chi connectivity index (χ0) is 21.7. The number of carbonyl (C=O) groups is 1. The zero-order valence-corrected chi connectivity index (χ0v) is 18.9. The molecule has 3 aromatic rings. The Hall–Kier alpha value is -2.06. The van der Waals surface area contributed by atoms with Gasteiger partial charge in [-0.2, -0.15) is 0 Å². The van der Waals surface area contributed by atoms with Crippen molar-refractivity contribution in [2.75, 3.05) is 19.0 Å². The summed E-state index contributed by atoms with van der Waals surface area (Å²) in [5, 5.41) is 4.40. The number of halogens is 2. The number of benzene rings is 2. The molecule has 0 spiro atoms. The molecule has 3 rings (SSSR count). The summed E-state index contributed by atoms with van der Waals surface area (Å²) in [7, 11) is 1.61. The van der Waals surface area contributed by atoms with E-state index in [0.717, 1.165) is 0 Å². The molecule has 0 aliphatic carbocycles. The van der Waals surface area contributed by atoms with E-state index in [-0.39, 0.29) is 11.5 Å². The van der Waals surface area contributed by atoms with Crippen molar-refractivity contribution in [3.05, 3.63) is 62.9 Å². The van der Waals surface area contributed by atoms with Crippen molar-refractivity contribution in [2.45, 2.75) is 30.3 Å². The highest BCUT2D eigenvalue weighted by molar-refractivity contribution is 8.00. The van der Waals surface area contributed by atoms with Crippen LogP contribution in [0.5, 0.6) is 0 Å². The number of hydrogen-bond acceptors (Lipinski definition) is 5. The van der Waals surface area contributed by atoms with E-state index in [0.29, 0.717) is 51.4 Å². The molecule has 0 bridgehead atoms. The summed E-state index contributed by atoms with van der Waals surface area (Å²) in [6.45, 7) is 2.72. The van der Waals surface area contributed by atoms with Crippen molar-refractivity contribution in [1.29, 1.82) is 0 Å². The van der Waals surface area contributed by atoms with E-state index in [4.69, 9.17) is 27.9 Å². The van der Waals surface area contributed by atoms with Gasteiger partial charge in [0, 0.05) is 36.0 Å². The van der Waals surface area contributed by atoms with Crippen LogP contribution >= 0.6 is 35.0 Å². The summed E-state index contributed by atoms with van der Waals surface area (Å²) in [6, 6.07) is 11.9. The van der Waals surface area contributed by atoms with Crippen molar-refractivity contribution >= 4 is 57.5 Å². The maximum Gasteiger partial charge on any atom is 0.262 e. The number of anilines is 1. The Kier molecular flexibility index (Phi) is 7.77. The lowest BCUT2D eigenvalue weighted by atomic mass is 10.2. The van der Waals surface area contributed by atoms with Gasteiger partial charge < -0.3 is 10.1 Å². The summed E-state index contributed by atoms with van der Waals surface area (Å²) in [6.07, 6.45) is 0.649. The number of methoxy groups -OCH3 is 1. The number of nitrogens with one attached hydrogen (secondary N) is 1. The molecule has 0 fully saturated rings. The van der Waals surface area contributed by atoms with E-state index in [2.05, 4.69) is 10.3 Å². The number of hydrogen-bond donors (Lipinski definition) is 1. The van der Waals surface area contributed by atoms with Gasteiger partial charge in [-0.25, -0.2) is 4.98 Å². The minimum atomic E-state index is -0.488. The van der Waals surface area contributed by atoms with Crippen LogP contribution in [0.25, 0.3) is 10.9 Å². The van der Waals surface area contributed by atoms with Crippen molar-refractivity contribution in [2.24, 2.45) is 0 Å². The predicted octanol–water partition coefficient (Wildman–Crippen LogP) is 4.86. The molecule has 1 amide bonds. The fourth-order valence-corrected chi connectivity index (χ4v) is 4.04. The molecular formula is C21H21Cl2N3O3S. The van der Waals surface area contributed by atoms with E-state index < -0.39 is 5.25 Å². The molecule has 1 aromatic heterocycles. The van der Waals surface area contributed by atoms with Crippen LogP contribution < -0.4 is 10.9 Å². The molecule has 0 saturated heterocycles. The zero-order valence-electron chi connectivity index (χ0n) is 16.5. The van der Waals surface area contributed by atoms with Crippen LogP contribution in [0.2, 0.25) is 10.0 Å². The summed E-state index contributed by atoms with van der Waals surface area (Å²) in [5.41, 5.74) is 0.983. The molecule has 6 nitrogen and oxygen atoms in total. The van der Waals surface area contributed by atoms with Gasteiger partial charge in [0.1, 0.15) is 0 Å². The Morgan fingerprint density at radius 2 is 1.90 bits per heavy atom. The van der Waals surface area contributed by atoms with E-state index in [1.807, 2.05) is 0 Å². The number of nitrogens with zero attached hydrogens (tertiary/aromatic N) is 2. The topological polar surface area (TPSA) is 73.2 Å². The van der Waals surface area contributed by atoms with Gasteiger partial charge in [-0.05, 0) is 55.8 Å². The van der Waals surface area contributed by atoms with Crippen molar-refractivity contribution < 1.29 is 9.53 Å². The molecule has 0 saturated carbocycles. The molecule has 0 aliphatic rings. The fourth-order valence-electron chi connectivity index (χ4n) is 2.82. The highest BCUT2D eigenvalue weighted by Gasteiger charge is 2.20. The minimum Gasteiger partial charge on any atom is -0.385 e. The molecule has 1 unspecified atom stereocenters. The highest BCUT2D eigenvalue weighted by atomic mass is 35.5. The number of carbonyl (C=O) groups excluding carboxylic acids is 1. The van der Waals surface area contributed by atoms with E-state index >= 15 is 0 Å². The van der Waals surface area contributed by atoms with Crippen LogP contribution in [0.1, 0.15) is 13.3 Å². The average Bonchev–Trinajstić information content (AvgIpc) is 2.71. The van der Waals surface area contributed by atoms with E-state index in [9.17, 15) is 9.59 Å². The number of thioether (sulfide) groups is 1. The van der Waals surface area contributed by atoms with Crippen molar-refractivity contribution in [3.63, 3.8) is 0 Å². The Morgan fingerprint density at radius 3 is 2.60 bits per heavy atom. The maximum atomic E-state index is 13.0. The Labute approximate surface area is 188 Å².